The SMILES string of the molecule is CCCN(c1nc(C(C)C)ns1)C1CCCNC1. The summed E-state index contributed by atoms with van der Waals surface area (Å²) in [6, 6.07) is 0.590. The molecule has 1 aromatic rings. The molecule has 0 saturated carbocycles. The van der Waals surface area contributed by atoms with Crippen LogP contribution in [0, 0.1) is 0 Å². The Balaban J connectivity index is 2.11. The molecule has 1 unspecified atom stereocenters. The molecule has 0 aliphatic carbocycles. The predicted molar refractivity (Wildman–Crippen MR) is 77.5 cm³/mol. The Kier molecular flexibility index (Phi) is 4.95. The van der Waals surface area contributed by atoms with Crippen LogP contribution >= 0.6 is 11.5 Å². The number of aromatic nitrogens is 2. The number of hydrogen-bond acceptors (Lipinski definition) is 5. The van der Waals surface area contributed by atoms with Crippen LogP contribution in [0.2, 0.25) is 0 Å². The zero-order valence-electron chi connectivity index (χ0n) is 11.6. The molecule has 0 amide bonds. The fourth-order valence-electron chi connectivity index (χ4n) is 2.35. The summed E-state index contributed by atoms with van der Waals surface area (Å²) in [5.74, 6) is 1.41. The lowest BCUT2D eigenvalue weighted by Crippen LogP contribution is -2.46. The molecule has 1 saturated heterocycles. The van der Waals surface area contributed by atoms with Crippen LogP contribution < -0.4 is 10.2 Å². The molecule has 1 atom stereocenters. The summed E-state index contributed by atoms with van der Waals surface area (Å²) in [6.45, 7) is 9.85. The van der Waals surface area contributed by atoms with Crippen molar-refractivity contribution in [3.63, 3.8) is 0 Å². The molecule has 1 aromatic heterocycles. The van der Waals surface area contributed by atoms with E-state index < -0.39 is 0 Å². The van der Waals surface area contributed by atoms with Gasteiger partial charge in [-0.15, -0.1) is 0 Å². The zero-order chi connectivity index (χ0) is 13.0. The molecular formula is C13H24N4S. The fourth-order valence-corrected chi connectivity index (χ4v) is 3.26. The van der Waals surface area contributed by atoms with E-state index in [1.807, 2.05) is 0 Å². The van der Waals surface area contributed by atoms with Crippen molar-refractivity contribution in [3.8, 4) is 0 Å². The van der Waals surface area contributed by atoms with Crippen molar-refractivity contribution in [1.82, 2.24) is 14.7 Å². The molecule has 5 heteroatoms. The molecule has 2 rings (SSSR count). The maximum atomic E-state index is 4.71. The van der Waals surface area contributed by atoms with Gasteiger partial charge in [-0.1, -0.05) is 20.8 Å². The highest BCUT2D eigenvalue weighted by Crippen LogP contribution is 2.25. The minimum Gasteiger partial charge on any atom is -0.343 e. The lowest BCUT2D eigenvalue weighted by molar-refractivity contribution is 0.430. The Labute approximate surface area is 114 Å². The van der Waals surface area contributed by atoms with Gasteiger partial charge in [0, 0.05) is 36.6 Å². The normalized spacial score (nSPS) is 20.3. The van der Waals surface area contributed by atoms with Gasteiger partial charge in [-0.3, -0.25) is 0 Å². The van der Waals surface area contributed by atoms with Crippen LogP contribution in [-0.4, -0.2) is 35.0 Å². The summed E-state index contributed by atoms with van der Waals surface area (Å²) in [7, 11) is 0. The Bertz CT molecular complexity index is 358. The van der Waals surface area contributed by atoms with Crippen LogP contribution in [0.1, 0.15) is 51.8 Å². The summed E-state index contributed by atoms with van der Waals surface area (Å²) < 4.78 is 4.48. The average Bonchev–Trinajstić information content (AvgIpc) is 2.86. The summed E-state index contributed by atoms with van der Waals surface area (Å²) in [5.41, 5.74) is 0. The molecule has 18 heavy (non-hydrogen) atoms. The second kappa shape index (κ2) is 6.48. The fraction of sp³-hybridized carbons (Fsp3) is 0.846. The van der Waals surface area contributed by atoms with E-state index in [0.29, 0.717) is 12.0 Å². The van der Waals surface area contributed by atoms with Gasteiger partial charge in [-0.25, -0.2) is 4.98 Å². The molecule has 1 fully saturated rings. The van der Waals surface area contributed by atoms with Crippen LogP contribution in [0.15, 0.2) is 0 Å². The Morgan fingerprint density at radius 3 is 2.89 bits per heavy atom. The molecule has 102 valence electrons. The van der Waals surface area contributed by atoms with Crippen molar-refractivity contribution < 1.29 is 0 Å². The van der Waals surface area contributed by atoms with Crippen LogP contribution in [0.5, 0.6) is 0 Å². The largest absolute Gasteiger partial charge is 0.343 e. The molecule has 1 aliphatic rings. The van der Waals surface area contributed by atoms with Gasteiger partial charge in [0.05, 0.1) is 0 Å². The van der Waals surface area contributed by atoms with Gasteiger partial charge in [0.15, 0.2) is 0 Å². The van der Waals surface area contributed by atoms with E-state index in [2.05, 4.69) is 35.4 Å². The molecule has 0 spiro atoms. The van der Waals surface area contributed by atoms with Gasteiger partial charge < -0.3 is 10.2 Å². The van der Waals surface area contributed by atoms with E-state index >= 15 is 0 Å². The van der Waals surface area contributed by atoms with Gasteiger partial charge in [-0.2, -0.15) is 4.37 Å². The maximum absolute atomic E-state index is 4.71. The van der Waals surface area contributed by atoms with Gasteiger partial charge >= 0.3 is 0 Å². The number of nitrogens with one attached hydrogen (secondary N) is 1. The van der Waals surface area contributed by atoms with Crippen LogP contribution in [-0.2, 0) is 0 Å². The van der Waals surface area contributed by atoms with E-state index in [-0.39, 0.29) is 0 Å². The van der Waals surface area contributed by atoms with Crippen molar-refractivity contribution >= 4 is 16.7 Å². The van der Waals surface area contributed by atoms with Crippen molar-refractivity contribution in [2.24, 2.45) is 0 Å². The number of anilines is 1. The highest BCUT2D eigenvalue weighted by Gasteiger charge is 2.23. The van der Waals surface area contributed by atoms with Crippen molar-refractivity contribution in [1.29, 1.82) is 0 Å². The number of nitrogens with zero attached hydrogens (tertiary/aromatic N) is 3. The molecular weight excluding hydrogens is 244 g/mol. The minimum absolute atomic E-state index is 0.419. The summed E-state index contributed by atoms with van der Waals surface area (Å²) in [6.07, 6.45) is 3.69. The Hall–Kier alpha value is -0.680. The van der Waals surface area contributed by atoms with Crippen LogP contribution in [0.4, 0.5) is 5.13 Å². The minimum atomic E-state index is 0.419. The summed E-state index contributed by atoms with van der Waals surface area (Å²) in [5, 5.41) is 4.59. The van der Waals surface area contributed by atoms with E-state index in [0.717, 1.165) is 37.0 Å². The van der Waals surface area contributed by atoms with Gasteiger partial charge in [0.2, 0.25) is 5.13 Å². The lowest BCUT2D eigenvalue weighted by Gasteiger charge is -2.34. The molecule has 0 bridgehead atoms. The van der Waals surface area contributed by atoms with Crippen molar-refractivity contribution in [2.75, 3.05) is 24.5 Å². The first-order valence-corrected chi connectivity index (χ1v) is 7.80. The van der Waals surface area contributed by atoms with Crippen molar-refractivity contribution in [3.05, 3.63) is 5.82 Å². The molecule has 0 radical (unpaired) electrons. The standard InChI is InChI=1S/C13H24N4S/c1-4-8-17(11-6-5-7-14-9-11)13-15-12(10(2)3)16-18-13/h10-11,14H,4-9H2,1-3H3. The van der Waals surface area contributed by atoms with Crippen LogP contribution in [0.25, 0.3) is 0 Å². The lowest BCUT2D eigenvalue weighted by atomic mass is 10.1. The number of hydrogen-bond donors (Lipinski definition) is 1. The molecule has 2 heterocycles. The first kappa shape index (κ1) is 13.7. The van der Waals surface area contributed by atoms with E-state index in [1.54, 1.807) is 11.5 Å². The zero-order valence-corrected chi connectivity index (χ0v) is 12.5. The third kappa shape index (κ3) is 3.20. The topological polar surface area (TPSA) is 41.1 Å². The quantitative estimate of drug-likeness (QED) is 0.891. The smallest absolute Gasteiger partial charge is 0.205 e. The third-order valence-electron chi connectivity index (χ3n) is 3.37. The number of rotatable bonds is 5. The highest BCUT2D eigenvalue weighted by molar-refractivity contribution is 7.09. The predicted octanol–water partition coefficient (Wildman–Crippen LogP) is 2.63. The van der Waals surface area contributed by atoms with Gasteiger partial charge in [0.1, 0.15) is 5.82 Å². The first-order valence-electron chi connectivity index (χ1n) is 7.03. The summed E-state index contributed by atoms with van der Waals surface area (Å²) in [4.78, 5) is 7.16. The van der Waals surface area contributed by atoms with Gasteiger partial charge in [-0.05, 0) is 25.8 Å². The molecule has 1 aliphatic heterocycles. The van der Waals surface area contributed by atoms with Crippen molar-refractivity contribution in [2.45, 2.75) is 52.0 Å². The molecule has 4 nitrogen and oxygen atoms in total. The Morgan fingerprint density at radius 2 is 2.33 bits per heavy atom. The van der Waals surface area contributed by atoms with Gasteiger partial charge in [0.25, 0.3) is 0 Å². The highest BCUT2D eigenvalue weighted by atomic mass is 32.1. The van der Waals surface area contributed by atoms with Crippen LogP contribution in [0.3, 0.4) is 0 Å². The first-order chi connectivity index (χ1) is 8.72. The monoisotopic (exact) mass is 268 g/mol. The maximum Gasteiger partial charge on any atom is 0.205 e. The molecule has 0 aromatic carbocycles. The molecule has 1 N–H and O–H groups in total. The second-order valence-corrected chi connectivity index (χ2v) is 6.01. The second-order valence-electron chi connectivity index (χ2n) is 5.28. The van der Waals surface area contributed by atoms with E-state index in [1.165, 1.54) is 12.8 Å². The third-order valence-corrected chi connectivity index (χ3v) is 4.14. The average molecular weight is 268 g/mol. The van der Waals surface area contributed by atoms with E-state index in [9.17, 15) is 0 Å². The number of piperidine rings is 1. The van der Waals surface area contributed by atoms with E-state index in [4.69, 9.17) is 4.98 Å². The summed E-state index contributed by atoms with van der Waals surface area (Å²) >= 11 is 1.56. The Morgan fingerprint density at radius 1 is 1.50 bits per heavy atom.